The second kappa shape index (κ2) is 7.11. The lowest BCUT2D eigenvalue weighted by molar-refractivity contribution is 0.0701. The Hall–Kier alpha value is -1.60. The summed E-state index contributed by atoms with van der Waals surface area (Å²) >= 11 is 4.63. The Kier molecular flexibility index (Phi) is 5.42. The number of nitrogens with zero attached hydrogens (tertiary/aromatic N) is 1. The summed E-state index contributed by atoms with van der Waals surface area (Å²) < 4.78 is 11.7. The molecule has 0 radical (unpaired) electrons. The Bertz CT molecular complexity index is 699. The van der Waals surface area contributed by atoms with E-state index in [0.717, 1.165) is 21.4 Å². The number of carboxylic acid groups (broad SMARTS) is 1. The number of halogens is 1. The van der Waals surface area contributed by atoms with E-state index in [1.807, 2.05) is 19.9 Å². The van der Waals surface area contributed by atoms with Crippen LogP contribution < -0.4 is 9.47 Å². The lowest BCUT2D eigenvalue weighted by atomic mass is 10.2. The van der Waals surface area contributed by atoms with Crippen LogP contribution in [0.3, 0.4) is 0 Å². The third kappa shape index (κ3) is 3.25. The lowest BCUT2D eigenvalue weighted by Crippen LogP contribution is -1.97. The maximum absolute atomic E-state index is 11.3. The summed E-state index contributed by atoms with van der Waals surface area (Å²) in [4.78, 5) is 16.0. The highest BCUT2D eigenvalue weighted by Gasteiger charge is 2.19. The summed E-state index contributed by atoms with van der Waals surface area (Å²) in [5, 5.41) is 9.89. The summed E-state index contributed by atoms with van der Waals surface area (Å²) in [7, 11) is 1.57. The van der Waals surface area contributed by atoms with Gasteiger partial charge in [-0.3, -0.25) is 0 Å². The minimum Gasteiger partial charge on any atom is -0.493 e. The van der Waals surface area contributed by atoms with Gasteiger partial charge in [0.05, 0.1) is 23.9 Å². The highest BCUT2D eigenvalue weighted by atomic mass is 79.9. The normalized spacial score (nSPS) is 10.5. The number of aromatic carboxylic acids is 1. The number of aromatic nitrogens is 1. The molecule has 0 bridgehead atoms. The molecule has 0 unspecified atom stereocenters. The summed E-state index contributed by atoms with van der Waals surface area (Å²) in [5.74, 6) is 0.258. The first-order valence-corrected chi connectivity index (χ1v) is 8.36. The molecule has 1 heterocycles. The maximum Gasteiger partial charge on any atom is 0.347 e. The van der Waals surface area contributed by atoms with E-state index < -0.39 is 5.97 Å². The van der Waals surface area contributed by atoms with Gasteiger partial charge in [-0.25, -0.2) is 9.78 Å². The molecule has 0 aliphatic rings. The van der Waals surface area contributed by atoms with Crippen molar-refractivity contribution in [2.75, 3.05) is 13.7 Å². The largest absolute Gasteiger partial charge is 0.493 e. The molecule has 0 saturated carbocycles. The van der Waals surface area contributed by atoms with E-state index >= 15 is 0 Å². The predicted molar refractivity (Wildman–Crippen MR) is 89.3 cm³/mol. The Balaban J connectivity index is 2.53. The first kappa shape index (κ1) is 16.8. The summed E-state index contributed by atoms with van der Waals surface area (Å²) in [6.07, 6.45) is 0.577. The van der Waals surface area contributed by atoms with E-state index in [-0.39, 0.29) is 4.88 Å². The first-order valence-electron chi connectivity index (χ1n) is 6.75. The smallest absolute Gasteiger partial charge is 0.347 e. The molecule has 0 amide bonds. The molecule has 1 aromatic heterocycles. The van der Waals surface area contributed by atoms with Crippen LogP contribution in [-0.2, 0) is 6.42 Å². The van der Waals surface area contributed by atoms with Gasteiger partial charge in [-0.15, -0.1) is 11.3 Å². The van der Waals surface area contributed by atoms with Crippen LogP contribution in [0, 0.1) is 0 Å². The molecule has 0 aliphatic carbocycles. The van der Waals surface area contributed by atoms with Crippen LogP contribution in [0.1, 0.15) is 29.2 Å². The van der Waals surface area contributed by atoms with Gasteiger partial charge in [0.2, 0.25) is 0 Å². The van der Waals surface area contributed by atoms with Crippen molar-refractivity contribution < 1.29 is 19.4 Å². The molecule has 22 heavy (non-hydrogen) atoms. The van der Waals surface area contributed by atoms with Crippen LogP contribution in [0.4, 0.5) is 0 Å². The molecule has 118 valence electrons. The van der Waals surface area contributed by atoms with Crippen LogP contribution in [-0.4, -0.2) is 29.8 Å². The fourth-order valence-electron chi connectivity index (χ4n) is 2.01. The van der Waals surface area contributed by atoms with E-state index in [2.05, 4.69) is 20.9 Å². The zero-order chi connectivity index (χ0) is 16.3. The van der Waals surface area contributed by atoms with Crippen molar-refractivity contribution in [3.63, 3.8) is 0 Å². The molecule has 1 N–H and O–H groups in total. The topological polar surface area (TPSA) is 68.7 Å². The number of thiazole rings is 1. The van der Waals surface area contributed by atoms with Crippen molar-refractivity contribution in [1.82, 2.24) is 4.98 Å². The van der Waals surface area contributed by atoms with Crippen LogP contribution in [0.25, 0.3) is 10.6 Å². The standard InChI is InChI=1S/C15H16BrNO4S/c1-4-10-13(15(18)19)22-14(17-10)8-6-9(16)12(21-5-2)11(7-8)20-3/h6-7H,4-5H2,1-3H3,(H,18,19). The number of carboxylic acids is 1. The van der Waals surface area contributed by atoms with E-state index in [1.54, 1.807) is 13.2 Å². The van der Waals surface area contributed by atoms with Crippen LogP contribution >= 0.6 is 27.3 Å². The zero-order valence-electron chi connectivity index (χ0n) is 12.5. The van der Waals surface area contributed by atoms with Gasteiger partial charge in [0, 0.05) is 5.56 Å². The van der Waals surface area contributed by atoms with Gasteiger partial charge in [0.1, 0.15) is 9.88 Å². The number of carbonyl (C=O) groups is 1. The maximum atomic E-state index is 11.3. The highest BCUT2D eigenvalue weighted by molar-refractivity contribution is 9.10. The quantitative estimate of drug-likeness (QED) is 0.804. The van der Waals surface area contributed by atoms with Crippen molar-refractivity contribution >= 4 is 33.2 Å². The second-order valence-electron chi connectivity index (χ2n) is 4.38. The van der Waals surface area contributed by atoms with Crippen molar-refractivity contribution in [3.8, 4) is 22.1 Å². The molecular weight excluding hydrogens is 370 g/mol. The van der Waals surface area contributed by atoms with Crippen molar-refractivity contribution in [3.05, 3.63) is 27.2 Å². The molecular formula is C15H16BrNO4S. The average molecular weight is 386 g/mol. The van der Waals surface area contributed by atoms with Crippen LogP contribution in [0.5, 0.6) is 11.5 Å². The third-order valence-electron chi connectivity index (χ3n) is 2.99. The summed E-state index contributed by atoms with van der Waals surface area (Å²) in [6.45, 7) is 4.31. The van der Waals surface area contributed by atoms with Gasteiger partial charge >= 0.3 is 5.97 Å². The van der Waals surface area contributed by atoms with Gasteiger partial charge in [0.25, 0.3) is 0 Å². The molecule has 0 spiro atoms. The summed E-state index contributed by atoms with van der Waals surface area (Å²) in [5.41, 5.74) is 1.39. The predicted octanol–water partition coefficient (Wildman–Crippen LogP) is 4.24. The first-order chi connectivity index (χ1) is 10.5. The van der Waals surface area contributed by atoms with E-state index in [1.165, 1.54) is 0 Å². The Morgan fingerprint density at radius 2 is 2.14 bits per heavy atom. The minimum absolute atomic E-state index is 0.279. The van der Waals surface area contributed by atoms with Gasteiger partial charge < -0.3 is 14.6 Å². The Labute approximate surface area is 141 Å². The molecule has 2 aromatic rings. The number of ether oxygens (including phenoxy) is 2. The van der Waals surface area contributed by atoms with Crippen molar-refractivity contribution in [1.29, 1.82) is 0 Å². The number of hydrogen-bond donors (Lipinski definition) is 1. The van der Waals surface area contributed by atoms with Crippen molar-refractivity contribution in [2.24, 2.45) is 0 Å². The number of benzene rings is 1. The number of aryl methyl sites for hydroxylation is 1. The van der Waals surface area contributed by atoms with Gasteiger partial charge in [0.15, 0.2) is 11.5 Å². The Morgan fingerprint density at radius 3 is 2.64 bits per heavy atom. The fourth-order valence-corrected chi connectivity index (χ4v) is 3.55. The number of methoxy groups -OCH3 is 1. The molecule has 7 heteroatoms. The highest BCUT2D eigenvalue weighted by Crippen LogP contribution is 2.41. The summed E-state index contributed by atoms with van der Waals surface area (Å²) in [6, 6.07) is 3.66. The Morgan fingerprint density at radius 1 is 1.41 bits per heavy atom. The molecule has 0 saturated heterocycles. The van der Waals surface area contributed by atoms with Gasteiger partial charge in [-0.1, -0.05) is 6.92 Å². The second-order valence-corrected chi connectivity index (χ2v) is 6.23. The lowest BCUT2D eigenvalue weighted by Gasteiger charge is -2.12. The third-order valence-corrected chi connectivity index (χ3v) is 4.72. The minimum atomic E-state index is -0.947. The molecule has 0 atom stereocenters. The monoisotopic (exact) mass is 385 g/mol. The number of rotatable bonds is 6. The van der Waals surface area contributed by atoms with E-state index in [9.17, 15) is 9.90 Å². The van der Waals surface area contributed by atoms with Gasteiger partial charge in [-0.05, 0) is 41.4 Å². The average Bonchev–Trinajstić information content (AvgIpc) is 2.93. The van der Waals surface area contributed by atoms with Gasteiger partial charge in [-0.2, -0.15) is 0 Å². The zero-order valence-corrected chi connectivity index (χ0v) is 14.9. The van der Waals surface area contributed by atoms with Crippen molar-refractivity contribution in [2.45, 2.75) is 20.3 Å². The fraction of sp³-hybridized carbons (Fsp3) is 0.333. The molecule has 2 rings (SSSR count). The molecule has 0 fully saturated rings. The van der Waals surface area contributed by atoms with E-state index in [0.29, 0.717) is 35.2 Å². The molecule has 0 aliphatic heterocycles. The molecule has 5 nitrogen and oxygen atoms in total. The van der Waals surface area contributed by atoms with Crippen LogP contribution in [0.2, 0.25) is 0 Å². The van der Waals surface area contributed by atoms with E-state index in [4.69, 9.17) is 9.47 Å². The molecule has 1 aromatic carbocycles. The van der Waals surface area contributed by atoms with Crippen LogP contribution in [0.15, 0.2) is 16.6 Å². The number of hydrogen-bond acceptors (Lipinski definition) is 5. The SMILES string of the molecule is CCOc1c(Br)cc(-c2nc(CC)c(C(=O)O)s2)cc1OC.